The number of H-pyrrole nitrogens is 1. The van der Waals surface area contributed by atoms with E-state index in [9.17, 15) is 0 Å². The number of hydrogen-bond acceptors (Lipinski definition) is 5. The van der Waals surface area contributed by atoms with Crippen molar-refractivity contribution in [3.05, 3.63) is 94.1 Å². The molecule has 0 radical (unpaired) electrons. The zero-order chi connectivity index (χ0) is 22.4. The molecule has 1 N–H and O–H groups in total. The van der Waals surface area contributed by atoms with Crippen LogP contribution < -0.4 is 9.64 Å². The topological polar surface area (TPSA) is 54.0 Å². The first-order valence-electron chi connectivity index (χ1n) is 10.8. The highest BCUT2D eigenvalue weighted by Gasteiger charge is 2.33. The van der Waals surface area contributed by atoms with Crippen molar-refractivity contribution in [1.29, 1.82) is 0 Å². The monoisotopic (exact) mass is 472 g/mol. The van der Waals surface area contributed by atoms with E-state index in [1.807, 2.05) is 36.4 Å². The molecule has 1 atom stereocenters. The number of aromatic nitrogens is 3. The minimum atomic E-state index is 0.00793. The largest absolute Gasteiger partial charge is 0.497 e. The number of aromatic amines is 1. The van der Waals surface area contributed by atoms with Crippen LogP contribution in [0.4, 0.5) is 5.13 Å². The van der Waals surface area contributed by atoms with Gasteiger partial charge in [0.05, 0.1) is 18.8 Å². The van der Waals surface area contributed by atoms with Gasteiger partial charge in [0.15, 0.2) is 5.13 Å². The smallest absolute Gasteiger partial charge is 0.186 e. The summed E-state index contributed by atoms with van der Waals surface area (Å²) < 4.78 is 5.40. The Morgan fingerprint density at radius 2 is 1.97 bits per heavy atom. The van der Waals surface area contributed by atoms with Crippen LogP contribution in [0.15, 0.2) is 72.2 Å². The third-order valence-corrected chi connectivity index (χ3v) is 7.30. The van der Waals surface area contributed by atoms with Crippen LogP contribution >= 0.6 is 22.9 Å². The van der Waals surface area contributed by atoms with E-state index in [1.54, 1.807) is 24.6 Å². The fraction of sp³-hybridized carbons (Fsp3) is 0.154. The molecule has 0 spiro atoms. The highest BCUT2D eigenvalue weighted by atomic mass is 35.5. The molecule has 0 saturated carbocycles. The quantitative estimate of drug-likeness (QED) is 0.324. The van der Waals surface area contributed by atoms with Crippen LogP contribution in [0.5, 0.6) is 5.75 Å². The number of benzene rings is 2. The number of thiazole rings is 1. The molecule has 0 fully saturated rings. The van der Waals surface area contributed by atoms with E-state index in [4.69, 9.17) is 21.3 Å². The van der Waals surface area contributed by atoms with Crippen molar-refractivity contribution in [3.8, 4) is 17.1 Å². The highest BCUT2D eigenvalue weighted by Crippen LogP contribution is 2.42. The van der Waals surface area contributed by atoms with Gasteiger partial charge in [-0.25, -0.2) is 4.98 Å². The normalized spacial score (nSPS) is 15.6. The van der Waals surface area contributed by atoms with Crippen molar-refractivity contribution >= 4 is 39.0 Å². The lowest BCUT2D eigenvalue weighted by atomic mass is 9.92. The molecule has 1 unspecified atom stereocenters. The maximum absolute atomic E-state index is 6.34. The van der Waals surface area contributed by atoms with E-state index < -0.39 is 0 Å². The summed E-state index contributed by atoms with van der Waals surface area (Å²) in [4.78, 5) is 15.5. The van der Waals surface area contributed by atoms with Gasteiger partial charge in [-0.05, 0) is 60.0 Å². The number of pyridine rings is 1. The van der Waals surface area contributed by atoms with Gasteiger partial charge in [-0.1, -0.05) is 29.8 Å². The van der Waals surface area contributed by atoms with Gasteiger partial charge in [-0.2, -0.15) is 0 Å². The van der Waals surface area contributed by atoms with E-state index >= 15 is 0 Å². The summed E-state index contributed by atoms with van der Waals surface area (Å²) in [6.07, 6.45) is 2.72. The third-order valence-electron chi connectivity index (χ3n) is 6.19. The first kappa shape index (κ1) is 20.3. The Hall–Kier alpha value is -3.35. The van der Waals surface area contributed by atoms with E-state index in [1.165, 1.54) is 22.2 Å². The lowest BCUT2D eigenvalue weighted by molar-refractivity contribution is 0.414. The molecular weight excluding hydrogens is 452 g/mol. The van der Waals surface area contributed by atoms with Gasteiger partial charge in [0.25, 0.3) is 0 Å². The number of hydrogen-bond donors (Lipinski definition) is 1. The Labute approximate surface area is 200 Å². The average molecular weight is 473 g/mol. The summed E-state index contributed by atoms with van der Waals surface area (Å²) in [7, 11) is 1.69. The van der Waals surface area contributed by atoms with E-state index in [0.29, 0.717) is 0 Å². The molecule has 0 aliphatic carbocycles. The van der Waals surface area contributed by atoms with Gasteiger partial charge in [0, 0.05) is 39.7 Å². The fourth-order valence-corrected chi connectivity index (χ4v) is 5.67. The average Bonchev–Trinajstić information content (AvgIpc) is 3.49. The number of nitrogens with one attached hydrogen (secondary N) is 1. The van der Waals surface area contributed by atoms with Gasteiger partial charge in [-0.15, -0.1) is 11.3 Å². The molecule has 6 rings (SSSR count). The van der Waals surface area contributed by atoms with Crippen molar-refractivity contribution in [3.63, 3.8) is 0 Å². The second-order valence-corrected chi connectivity index (χ2v) is 9.33. The minimum Gasteiger partial charge on any atom is -0.497 e. The Balaban J connectivity index is 1.48. The van der Waals surface area contributed by atoms with Crippen LogP contribution in [0.2, 0.25) is 5.02 Å². The van der Waals surface area contributed by atoms with E-state index in [-0.39, 0.29) is 6.04 Å². The number of methoxy groups -OCH3 is 1. The van der Waals surface area contributed by atoms with Crippen LogP contribution in [0, 0.1) is 0 Å². The molecule has 5 nitrogen and oxygen atoms in total. The van der Waals surface area contributed by atoms with Crippen molar-refractivity contribution in [2.24, 2.45) is 0 Å². The molecule has 5 aromatic rings. The molecule has 1 aliphatic heterocycles. The molecule has 0 amide bonds. The summed E-state index contributed by atoms with van der Waals surface area (Å²) in [6, 6.07) is 20.3. The first-order valence-corrected chi connectivity index (χ1v) is 12.0. The Morgan fingerprint density at radius 1 is 1.09 bits per heavy atom. The summed E-state index contributed by atoms with van der Waals surface area (Å²) in [5.74, 6) is 0.844. The van der Waals surface area contributed by atoms with Gasteiger partial charge in [-0.3, -0.25) is 4.98 Å². The van der Waals surface area contributed by atoms with Crippen LogP contribution in [0.1, 0.15) is 22.9 Å². The summed E-state index contributed by atoms with van der Waals surface area (Å²) in [5, 5.41) is 5.03. The van der Waals surface area contributed by atoms with Crippen molar-refractivity contribution < 1.29 is 4.74 Å². The summed E-state index contributed by atoms with van der Waals surface area (Å²) >= 11 is 7.99. The molecule has 2 aromatic carbocycles. The van der Waals surface area contributed by atoms with Gasteiger partial charge in [0.2, 0.25) is 0 Å². The van der Waals surface area contributed by atoms with E-state index in [0.717, 1.165) is 45.8 Å². The first-order chi connectivity index (χ1) is 16.2. The predicted octanol–water partition coefficient (Wildman–Crippen LogP) is 6.50. The van der Waals surface area contributed by atoms with Gasteiger partial charge >= 0.3 is 0 Å². The maximum Gasteiger partial charge on any atom is 0.186 e. The number of rotatable bonds is 4. The predicted molar refractivity (Wildman–Crippen MR) is 135 cm³/mol. The number of ether oxygens (including phenoxy) is 1. The molecule has 4 heterocycles. The standard InChI is InChI=1S/C26H21ClN4OS/c1-32-18-8-5-16(6-9-18)25-24-19(20-14-17(27)7-10-21(20)29-24)11-13-31(25)26-30-23(15-33-26)22-4-2-3-12-28-22/h2-10,12,14-15,25,29H,11,13H2,1H3. The van der Waals surface area contributed by atoms with Crippen LogP contribution in [0.3, 0.4) is 0 Å². The Bertz CT molecular complexity index is 1430. The molecule has 1 aliphatic rings. The Morgan fingerprint density at radius 3 is 2.76 bits per heavy atom. The second kappa shape index (κ2) is 8.21. The summed E-state index contributed by atoms with van der Waals surface area (Å²) in [5.41, 5.74) is 6.60. The SMILES string of the molecule is COc1ccc(C2c3[nH]c4ccc(Cl)cc4c3CCN2c2nc(-c3ccccn3)cs2)cc1. The van der Waals surface area contributed by atoms with Crippen LogP contribution in [0.25, 0.3) is 22.3 Å². The minimum absolute atomic E-state index is 0.00793. The summed E-state index contributed by atoms with van der Waals surface area (Å²) in [6.45, 7) is 0.859. The second-order valence-electron chi connectivity index (χ2n) is 8.06. The zero-order valence-corrected chi connectivity index (χ0v) is 19.5. The molecule has 33 heavy (non-hydrogen) atoms. The third kappa shape index (κ3) is 3.56. The van der Waals surface area contributed by atoms with Crippen LogP contribution in [-0.2, 0) is 6.42 Å². The highest BCUT2D eigenvalue weighted by molar-refractivity contribution is 7.14. The number of fused-ring (bicyclic) bond motifs is 3. The van der Waals surface area contributed by atoms with Crippen LogP contribution in [-0.4, -0.2) is 28.6 Å². The van der Waals surface area contributed by atoms with Crippen molar-refractivity contribution in [2.45, 2.75) is 12.5 Å². The van der Waals surface area contributed by atoms with Gasteiger partial charge < -0.3 is 14.6 Å². The molecule has 3 aromatic heterocycles. The molecule has 7 heteroatoms. The molecular formula is C26H21ClN4OS. The van der Waals surface area contributed by atoms with Gasteiger partial charge in [0.1, 0.15) is 11.4 Å². The Kier molecular flexibility index (Phi) is 5.04. The molecule has 0 bridgehead atoms. The fourth-order valence-electron chi connectivity index (χ4n) is 4.63. The van der Waals surface area contributed by atoms with E-state index in [2.05, 4.69) is 44.5 Å². The number of anilines is 1. The molecule has 0 saturated heterocycles. The lowest BCUT2D eigenvalue weighted by Gasteiger charge is -2.36. The maximum atomic E-state index is 6.34. The van der Waals surface area contributed by atoms with Crippen molar-refractivity contribution in [2.75, 3.05) is 18.6 Å². The number of nitrogens with zero attached hydrogens (tertiary/aromatic N) is 3. The molecule has 164 valence electrons. The zero-order valence-electron chi connectivity index (χ0n) is 18.0. The number of halogens is 1. The lowest BCUT2D eigenvalue weighted by Crippen LogP contribution is -2.36. The van der Waals surface area contributed by atoms with Crippen molar-refractivity contribution in [1.82, 2.24) is 15.0 Å².